The fraction of sp³-hybridized carbons (Fsp3) is 0. The Balaban J connectivity index is 0.000000247. The number of fused-ring (bicyclic) bond motifs is 10. The first-order valence-corrected chi connectivity index (χ1v) is 31.3. The summed E-state index contributed by atoms with van der Waals surface area (Å²) < 4.78 is 15.4. The Hall–Kier alpha value is -7.03. The first-order chi connectivity index (χ1) is 38.8. The molecule has 0 aliphatic heterocycles. The van der Waals surface area contributed by atoms with E-state index in [1.54, 1.807) is 41.0 Å². The Bertz CT molecular complexity index is 4670. The van der Waals surface area contributed by atoms with Gasteiger partial charge >= 0.3 is 25.4 Å². The fourth-order valence-corrected chi connectivity index (χ4v) is 18.1. The molecule has 0 bridgehead atoms. The van der Waals surface area contributed by atoms with Crippen molar-refractivity contribution >= 4 is 213 Å². The van der Waals surface area contributed by atoms with Gasteiger partial charge in [-0.05, 0) is 142 Å². The number of carboxylic acid groups (broad SMARTS) is 1. The number of aromatic nitrogens is 6. The minimum Gasteiger partial charge on any atom is -0.753 e. The zero-order valence-electron chi connectivity index (χ0n) is 40.6. The Morgan fingerprint density at radius 3 is 1.30 bits per heavy atom. The molecule has 0 saturated carbocycles. The molecule has 0 aliphatic rings. The maximum Gasteiger partial charge on any atom is 2.00 e. The third-order valence-electron chi connectivity index (χ3n) is 13.0. The van der Waals surface area contributed by atoms with Crippen LogP contribution >= 0.6 is 115 Å². The Labute approximate surface area is 509 Å². The minimum atomic E-state index is -0.963. The van der Waals surface area contributed by atoms with E-state index in [1.807, 2.05) is 74.1 Å². The SMILES string of the molecule is O=C(O)c1ccnc(-c2ccccn2)c1.[N-]=C=S.[N-]=C=S.[Ru+2].c1cc2sc(-c3ccc4c(c3)c3cc(-c5cc6c7cc(-c8cc9sccc9s8)ccc7n(-c7cc8sccc8s7)c6cn5)ncc3n4-c3cc4sccc4s3)cc2s1. The first kappa shape index (κ1) is 53.6. The number of aromatic carboxylic acids is 1. The van der Waals surface area contributed by atoms with Crippen molar-refractivity contribution in [1.82, 2.24) is 29.1 Å². The van der Waals surface area contributed by atoms with Crippen LogP contribution in [0.2, 0.25) is 0 Å². The summed E-state index contributed by atoms with van der Waals surface area (Å²) in [6.07, 6.45) is 7.23. The van der Waals surface area contributed by atoms with Gasteiger partial charge in [0.25, 0.3) is 0 Å². The number of hydrogen-bond donors (Lipinski definition) is 1. The summed E-state index contributed by atoms with van der Waals surface area (Å²) in [7, 11) is 0. The Kier molecular flexibility index (Phi) is 15.3. The molecule has 14 aromatic heterocycles. The summed E-state index contributed by atoms with van der Waals surface area (Å²) in [4.78, 5) is 31.9. The number of thiocarbonyl (C=S) groups is 2. The van der Waals surface area contributed by atoms with E-state index < -0.39 is 5.97 Å². The first-order valence-electron chi connectivity index (χ1n) is 23.7. The summed E-state index contributed by atoms with van der Waals surface area (Å²) in [5.74, 6) is -0.963. The molecule has 386 valence electrons. The standard InChI is InChI=1S/C46H22N4S8.C11H8N2O2.2CNS.Ru/c1-3-31-25(13-23(1)39-17-41-35(55-39)5-9-51-41)27-15-29(47-21-33(27)49(31)45-19-43-37(57-45)7-11-53-43)30-16-28-26-14-24(40-18-42-36(56-40)6-10-52-42)2-4-32(26)50(34(28)22-48-30)46-20-44-38(58-46)8-12-54-44;14-11(15)8-4-6-13-10(7-8)9-3-1-2-5-12-9;2*2-1-3;/h1-22H;1-7H,(H,14,15);;;/q;;2*-1;+2. The molecule has 0 radical (unpaired) electrons. The van der Waals surface area contributed by atoms with Gasteiger partial charge in [0, 0.05) is 81.3 Å². The predicted octanol–water partition coefficient (Wildman–Crippen LogP) is 19.9. The van der Waals surface area contributed by atoms with Crippen LogP contribution in [0, 0.1) is 0 Å². The predicted molar refractivity (Wildman–Crippen MR) is 346 cm³/mol. The topological polar surface area (TPSA) is 143 Å². The van der Waals surface area contributed by atoms with Gasteiger partial charge in [0.15, 0.2) is 0 Å². The molecule has 16 aromatic rings. The molecule has 0 aliphatic carbocycles. The van der Waals surface area contributed by atoms with Crippen molar-refractivity contribution in [1.29, 1.82) is 0 Å². The minimum absolute atomic E-state index is 0. The van der Waals surface area contributed by atoms with E-state index in [0.717, 1.165) is 22.4 Å². The molecule has 14 heterocycles. The van der Waals surface area contributed by atoms with Crippen LogP contribution in [0.4, 0.5) is 0 Å². The molecule has 1 N–H and O–H groups in total. The number of rotatable bonds is 7. The summed E-state index contributed by atoms with van der Waals surface area (Å²) in [5.41, 5.74) is 10.3. The number of nitrogens with zero attached hydrogens (tertiary/aromatic N) is 8. The van der Waals surface area contributed by atoms with Gasteiger partial charge in [-0.25, -0.2) is 4.79 Å². The quantitative estimate of drug-likeness (QED) is 0.0944. The second-order valence-electron chi connectivity index (χ2n) is 17.4. The van der Waals surface area contributed by atoms with Crippen molar-refractivity contribution in [2.75, 3.05) is 0 Å². The molecule has 0 saturated heterocycles. The average Bonchev–Trinajstić information content (AvgIpc) is 4.50. The van der Waals surface area contributed by atoms with E-state index in [0.29, 0.717) is 11.4 Å². The second kappa shape index (κ2) is 22.8. The van der Waals surface area contributed by atoms with Crippen LogP contribution in [0.3, 0.4) is 0 Å². The normalized spacial score (nSPS) is 11.1. The number of benzene rings is 2. The van der Waals surface area contributed by atoms with Gasteiger partial charge in [0.05, 0.1) is 62.8 Å². The molecule has 2 aromatic carbocycles. The third-order valence-corrected chi connectivity index (χ3v) is 21.5. The van der Waals surface area contributed by atoms with Crippen LogP contribution in [0.25, 0.3) is 146 Å². The van der Waals surface area contributed by atoms with E-state index >= 15 is 0 Å². The van der Waals surface area contributed by atoms with Crippen LogP contribution < -0.4 is 0 Å². The molecule has 10 nitrogen and oxygen atoms in total. The van der Waals surface area contributed by atoms with E-state index in [2.05, 4.69) is 175 Å². The van der Waals surface area contributed by atoms with Crippen LogP contribution in [0.1, 0.15) is 10.4 Å². The van der Waals surface area contributed by atoms with Crippen LogP contribution in [0.5, 0.6) is 0 Å². The molecular weight excluding hydrogens is 1270 g/mol. The van der Waals surface area contributed by atoms with Crippen LogP contribution in [-0.2, 0) is 19.5 Å². The summed E-state index contributed by atoms with van der Waals surface area (Å²) in [5, 5.41) is 41.7. The monoisotopic (exact) mass is 1300 g/mol. The molecule has 0 unspecified atom stereocenters. The smallest absolute Gasteiger partial charge is 0.753 e. The van der Waals surface area contributed by atoms with Crippen LogP contribution in [-0.4, -0.2) is 50.5 Å². The molecule has 80 heavy (non-hydrogen) atoms. The second-order valence-corrected chi connectivity index (χ2v) is 25.9. The van der Waals surface area contributed by atoms with Gasteiger partial charge in [-0.1, -0.05) is 42.6 Å². The van der Waals surface area contributed by atoms with Crippen molar-refractivity contribution in [3.05, 3.63) is 190 Å². The molecule has 0 spiro atoms. The van der Waals surface area contributed by atoms with E-state index in [-0.39, 0.29) is 25.0 Å². The molecule has 21 heteroatoms. The number of hydrogen-bond acceptors (Lipinski definition) is 15. The third kappa shape index (κ3) is 9.94. The number of thiophene rings is 8. The van der Waals surface area contributed by atoms with Gasteiger partial charge in [0.1, 0.15) is 10.0 Å². The Morgan fingerprint density at radius 2 is 0.875 bits per heavy atom. The van der Waals surface area contributed by atoms with Gasteiger partial charge in [-0.15, -0.1) is 90.7 Å². The zero-order chi connectivity index (χ0) is 53.7. The maximum absolute atomic E-state index is 10.7. The zero-order valence-corrected chi connectivity index (χ0v) is 50.5. The number of carboxylic acids is 1. The van der Waals surface area contributed by atoms with Crippen molar-refractivity contribution in [2.45, 2.75) is 0 Å². The van der Waals surface area contributed by atoms with Gasteiger partial charge < -0.3 is 15.9 Å². The molecular formula is C59H30N8O2RuS10. The molecule has 0 amide bonds. The number of pyridine rings is 4. The average molecular weight is 1300 g/mol. The van der Waals surface area contributed by atoms with Crippen molar-refractivity contribution in [2.24, 2.45) is 0 Å². The van der Waals surface area contributed by atoms with E-state index in [4.69, 9.17) is 25.9 Å². The summed E-state index contributed by atoms with van der Waals surface area (Å²) in [6, 6.07) is 45.1. The van der Waals surface area contributed by atoms with Crippen molar-refractivity contribution in [3.8, 4) is 53.7 Å². The largest absolute Gasteiger partial charge is 2.00 e. The fourth-order valence-electron chi connectivity index (χ4n) is 9.66. The molecule has 0 fully saturated rings. The Morgan fingerprint density at radius 1 is 0.450 bits per heavy atom. The van der Waals surface area contributed by atoms with E-state index in [9.17, 15) is 4.79 Å². The van der Waals surface area contributed by atoms with Gasteiger partial charge in [-0.2, -0.15) is 10.3 Å². The number of carbonyl (C=O) groups is 1. The number of isothiocyanates is 2. The van der Waals surface area contributed by atoms with Crippen molar-refractivity contribution < 1.29 is 29.4 Å². The van der Waals surface area contributed by atoms with Gasteiger partial charge in [0.2, 0.25) is 0 Å². The van der Waals surface area contributed by atoms with Crippen LogP contribution in [0.15, 0.2) is 174 Å². The van der Waals surface area contributed by atoms with Crippen molar-refractivity contribution in [3.63, 3.8) is 0 Å². The molecule has 16 rings (SSSR count). The summed E-state index contributed by atoms with van der Waals surface area (Å²) in [6.45, 7) is 0. The van der Waals surface area contributed by atoms with Gasteiger partial charge in [-0.3, -0.25) is 29.1 Å². The summed E-state index contributed by atoms with van der Waals surface area (Å²) >= 11 is 22.0. The van der Waals surface area contributed by atoms with E-state index in [1.165, 1.54) is 130 Å². The maximum atomic E-state index is 10.7. The molecule has 0 atom stereocenters.